The summed E-state index contributed by atoms with van der Waals surface area (Å²) in [7, 11) is 1.44. The number of hydrogen-bond donors (Lipinski definition) is 0. The van der Waals surface area contributed by atoms with Gasteiger partial charge in [-0.1, -0.05) is 60.5 Å². The number of benzene rings is 2. The van der Waals surface area contributed by atoms with Crippen LogP contribution in [0.2, 0.25) is 10.0 Å². The second kappa shape index (κ2) is 11.8. The molecule has 8 nitrogen and oxygen atoms in total. The SMILES string of the molecule is COc1cc(C2C(C(=O)OCC(C)C)=C(C)N=c3sc(=Cc4ccc(Cl)c(Cl)c4)c(=O)n32)ccc1OC(C)=O. The quantitative estimate of drug-likeness (QED) is 0.294. The summed E-state index contributed by atoms with van der Waals surface area (Å²) in [6, 6.07) is 9.08. The van der Waals surface area contributed by atoms with E-state index in [4.69, 9.17) is 37.4 Å². The highest BCUT2D eigenvalue weighted by molar-refractivity contribution is 7.07. The summed E-state index contributed by atoms with van der Waals surface area (Å²) >= 11 is 13.4. The van der Waals surface area contributed by atoms with Crippen molar-refractivity contribution in [3.8, 4) is 11.5 Å². The molecule has 39 heavy (non-hydrogen) atoms. The number of hydrogen-bond acceptors (Lipinski definition) is 8. The Morgan fingerprint density at radius 2 is 1.87 bits per heavy atom. The summed E-state index contributed by atoms with van der Waals surface area (Å²) in [4.78, 5) is 43.7. The zero-order chi connectivity index (χ0) is 28.4. The lowest BCUT2D eigenvalue weighted by molar-refractivity contribution is -0.140. The van der Waals surface area contributed by atoms with Gasteiger partial charge in [0.1, 0.15) is 0 Å². The highest BCUT2D eigenvalue weighted by atomic mass is 35.5. The number of allylic oxidation sites excluding steroid dienone is 1. The van der Waals surface area contributed by atoms with E-state index in [9.17, 15) is 14.4 Å². The van der Waals surface area contributed by atoms with Crippen molar-refractivity contribution in [1.29, 1.82) is 0 Å². The van der Waals surface area contributed by atoms with E-state index in [2.05, 4.69) is 4.99 Å². The van der Waals surface area contributed by atoms with Crippen LogP contribution in [0.25, 0.3) is 6.08 Å². The first kappa shape index (κ1) is 28.6. The maximum Gasteiger partial charge on any atom is 0.338 e. The van der Waals surface area contributed by atoms with Crippen LogP contribution in [0.3, 0.4) is 0 Å². The monoisotopic (exact) mass is 588 g/mol. The van der Waals surface area contributed by atoms with Gasteiger partial charge < -0.3 is 14.2 Å². The number of thiazole rings is 1. The molecule has 0 saturated heterocycles. The molecule has 0 bridgehead atoms. The molecule has 1 aromatic heterocycles. The standard InChI is InChI=1S/C28H26Cl2N2O6S/c1-14(2)13-37-27(35)24-15(3)31-28-32(25(24)18-7-9-21(38-16(4)33)22(12-18)36-5)26(34)23(39-28)11-17-6-8-19(29)20(30)10-17/h6-12,14,25H,13H2,1-5H3. The Kier molecular flexibility index (Phi) is 8.64. The number of esters is 2. The third-order valence-corrected chi connectivity index (χ3v) is 7.51. The minimum atomic E-state index is -0.864. The fourth-order valence-corrected chi connectivity index (χ4v) is 5.42. The van der Waals surface area contributed by atoms with Crippen LogP contribution in [0.4, 0.5) is 0 Å². The topological polar surface area (TPSA) is 96.2 Å². The maximum absolute atomic E-state index is 13.8. The Balaban J connectivity index is 1.93. The van der Waals surface area contributed by atoms with Crippen LogP contribution in [0.1, 0.15) is 44.9 Å². The molecule has 0 aliphatic carbocycles. The lowest BCUT2D eigenvalue weighted by Crippen LogP contribution is -2.40. The summed E-state index contributed by atoms with van der Waals surface area (Å²) < 4.78 is 18.1. The lowest BCUT2D eigenvalue weighted by atomic mass is 9.95. The zero-order valence-corrected chi connectivity index (χ0v) is 24.2. The van der Waals surface area contributed by atoms with Crippen molar-refractivity contribution in [1.82, 2.24) is 4.57 Å². The van der Waals surface area contributed by atoms with E-state index in [1.807, 2.05) is 13.8 Å². The van der Waals surface area contributed by atoms with E-state index >= 15 is 0 Å². The number of ether oxygens (including phenoxy) is 3. The van der Waals surface area contributed by atoms with Crippen LogP contribution in [-0.2, 0) is 14.3 Å². The second-order valence-corrected chi connectivity index (χ2v) is 11.1. The Bertz CT molecular complexity index is 1670. The largest absolute Gasteiger partial charge is 0.493 e. The fourth-order valence-electron chi connectivity index (χ4n) is 4.07. The van der Waals surface area contributed by atoms with E-state index in [1.54, 1.807) is 49.4 Å². The smallest absolute Gasteiger partial charge is 0.338 e. The third-order valence-electron chi connectivity index (χ3n) is 5.79. The maximum atomic E-state index is 13.8. The van der Waals surface area contributed by atoms with Crippen molar-refractivity contribution in [3.63, 3.8) is 0 Å². The summed E-state index contributed by atoms with van der Waals surface area (Å²) in [6.45, 7) is 7.07. The van der Waals surface area contributed by atoms with Crippen LogP contribution in [0.5, 0.6) is 11.5 Å². The summed E-state index contributed by atoms with van der Waals surface area (Å²) in [6.07, 6.45) is 1.70. The van der Waals surface area contributed by atoms with Crippen LogP contribution >= 0.6 is 34.5 Å². The predicted molar refractivity (Wildman–Crippen MR) is 150 cm³/mol. The van der Waals surface area contributed by atoms with Crippen molar-refractivity contribution < 1.29 is 23.8 Å². The minimum Gasteiger partial charge on any atom is -0.493 e. The normalized spacial score (nSPS) is 15.2. The molecule has 0 N–H and O–H groups in total. The number of aromatic nitrogens is 1. The van der Waals surface area contributed by atoms with Crippen molar-refractivity contribution in [2.75, 3.05) is 13.7 Å². The number of fused-ring (bicyclic) bond motifs is 1. The van der Waals surface area contributed by atoms with Crippen LogP contribution in [0.15, 0.2) is 57.5 Å². The Morgan fingerprint density at radius 3 is 2.51 bits per heavy atom. The van der Waals surface area contributed by atoms with Crippen molar-refractivity contribution in [2.24, 2.45) is 10.9 Å². The van der Waals surface area contributed by atoms with E-state index < -0.39 is 18.0 Å². The van der Waals surface area contributed by atoms with Gasteiger partial charge in [-0.2, -0.15) is 0 Å². The van der Waals surface area contributed by atoms with Gasteiger partial charge in [0.2, 0.25) is 0 Å². The van der Waals surface area contributed by atoms with Gasteiger partial charge in [-0.15, -0.1) is 0 Å². The molecule has 204 valence electrons. The molecule has 4 rings (SSSR count). The highest BCUT2D eigenvalue weighted by Crippen LogP contribution is 2.36. The lowest BCUT2D eigenvalue weighted by Gasteiger charge is -2.25. The van der Waals surface area contributed by atoms with Crippen molar-refractivity contribution in [2.45, 2.75) is 33.7 Å². The first-order chi connectivity index (χ1) is 18.5. The average molecular weight is 589 g/mol. The summed E-state index contributed by atoms with van der Waals surface area (Å²) in [5.41, 5.74) is 1.55. The predicted octanol–water partition coefficient (Wildman–Crippen LogP) is 4.68. The molecule has 1 aliphatic heterocycles. The van der Waals surface area contributed by atoms with Gasteiger partial charge in [0.05, 0.1) is 45.6 Å². The highest BCUT2D eigenvalue weighted by Gasteiger charge is 2.34. The van der Waals surface area contributed by atoms with Gasteiger partial charge in [-0.25, -0.2) is 9.79 Å². The first-order valence-corrected chi connectivity index (χ1v) is 13.6. The van der Waals surface area contributed by atoms with E-state index in [0.29, 0.717) is 36.2 Å². The van der Waals surface area contributed by atoms with E-state index in [0.717, 1.165) is 0 Å². The molecule has 0 amide bonds. The van der Waals surface area contributed by atoms with Crippen LogP contribution in [-0.4, -0.2) is 30.2 Å². The molecule has 0 saturated carbocycles. The Morgan fingerprint density at radius 1 is 1.13 bits per heavy atom. The van der Waals surface area contributed by atoms with Crippen LogP contribution < -0.4 is 24.4 Å². The van der Waals surface area contributed by atoms with Crippen molar-refractivity contribution >= 4 is 52.6 Å². The van der Waals surface area contributed by atoms with Crippen LogP contribution in [0, 0.1) is 5.92 Å². The average Bonchev–Trinajstić information content (AvgIpc) is 3.18. The molecule has 2 aromatic carbocycles. The molecule has 0 spiro atoms. The number of halogens is 2. The van der Waals surface area contributed by atoms with Crippen molar-refractivity contribution in [3.05, 3.63) is 88.5 Å². The van der Waals surface area contributed by atoms with Gasteiger partial charge in [0, 0.05) is 6.92 Å². The Hall–Kier alpha value is -3.40. The zero-order valence-electron chi connectivity index (χ0n) is 21.9. The fraction of sp³-hybridized carbons (Fsp3) is 0.286. The third kappa shape index (κ3) is 6.11. The summed E-state index contributed by atoms with van der Waals surface area (Å²) in [5.74, 6) is -0.485. The van der Waals surface area contributed by atoms with Gasteiger partial charge in [0.25, 0.3) is 5.56 Å². The Labute approximate surface area is 238 Å². The number of carbonyl (C=O) groups is 2. The first-order valence-electron chi connectivity index (χ1n) is 12.0. The number of methoxy groups -OCH3 is 1. The molecule has 0 radical (unpaired) electrons. The molecule has 0 fully saturated rings. The molecule has 1 unspecified atom stereocenters. The number of carbonyl (C=O) groups excluding carboxylic acids is 2. The van der Waals surface area contributed by atoms with Gasteiger partial charge in [-0.05, 0) is 54.3 Å². The molecule has 3 aromatic rings. The summed E-state index contributed by atoms with van der Waals surface area (Å²) in [5, 5.41) is 0.767. The van der Waals surface area contributed by atoms with Gasteiger partial charge in [0.15, 0.2) is 16.3 Å². The molecule has 1 atom stereocenters. The molecule has 2 heterocycles. The minimum absolute atomic E-state index is 0.115. The van der Waals surface area contributed by atoms with E-state index in [-0.39, 0.29) is 35.2 Å². The molecule has 11 heteroatoms. The van der Waals surface area contributed by atoms with E-state index in [1.165, 1.54) is 29.9 Å². The molecular formula is C28H26Cl2N2O6S. The number of nitrogens with zero attached hydrogens (tertiary/aromatic N) is 2. The number of rotatable bonds is 7. The molecule has 1 aliphatic rings. The molecular weight excluding hydrogens is 563 g/mol. The second-order valence-electron chi connectivity index (χ2n) is 9.25. The van der Waals surface area contributed by atoms with Gasteiger partial charge in [-0.3, -0.25) is 14.2 Å². The van der Waals surface area contributed by atoms with Gasteiger partial charge >= 0.3 is 11.9 Å².